The molecule has 0 aliphatic heterocycles. The lowest BCUT2D eigenvalue weighted by Crippen LogP contribution is -2.45. The summed E-state index contributed by atoms with van der Waals surface area (Å²) in [5.41, 5.74) is -0.791. The number of benzene rings is 2. The van der Waals surface area contributed by atoms with E-state index >= 15 is 0 Å². The Morgan fingerprint density at radius 3 is 2.34 bits per heavy atom. The third-order valence-electron chi connectivity index (χ3n) is 4.85. The number of hydrogen-bond donors (Lipinski definition) is 1. The van der Waals surface area contributed by atoms with Crippen LogP contribution in [0.5, 0.6) is 17.2 Å². The zero-order chi connectivity index (χ0) is 25.8. The largest absolute Gasteiger partial charge is 0.457 e. The van der Waals surface area contributed by atoms with Crippen molar-refractivity contribution >= 4 is 23.0 Å². The Balaban J connectivity index is 1.82. The summed E-state index contributed by atoms with van der Waals surface area (Å²) in [6.45, 7) is 10.7. The molecule has 0 bridgehead atoms. The lowest BCUT2D eigenvalue weighted by molar-refractivity contribution is -0.137. The summed E-state index contributed by atoms with van der Waals surface area (Å²) in [6, 6.07) is 12.5. The number of hydrogen-bond acceptors (Lipinski definition) is 7. The van der Waals surface area contributed by atoms with Crippen LogP contribution in [0.3, 0.4) is 0 Å². The molecule has 186 valence electrons. The number of carbonyl (C=O) groups is 2. The van der Waals surface area contributed by atoms with Crippen LogP contribution < -0.4 is 20.2 Å². The van der Waals surface area contributed by atoms with Gasteiger partial charge in [0.2, 0.25) is 11.2 Å². The molecule has 0 radical (unpaired) electrons. The molecule has 3 aromatic rings. The standard InChI is InChI=1S/C27H31NO7/c1-16(2)14-21(28-26(31)35-27(4,5)6)25(30)34-19-12-13-20-22(15-19)32-17(3)24(23(20)29)33-18-10-8-7-9-11-18/h7-13,15-16,21H,14H2,1-6H3,(H,28,31). The van der Waals surface area contributed by atoms with Gasteiger partial charge in [0.25, 0.3) is 0 Å². The van der Waals surface area contributed by atoms with Gasteiger partial charge in [0.15, 0.2) is 0 Å². The van der Waals surface area contributed by atoms with E-state index in [0.29, 0.717) is 17.9 Å². The van der Waals surface area contributed by atoms with Crippen molar-refractivity contribution in [3.63, 3.8) is 0 Å². The first-order valence-electron chi connectivity index (χ1n) is 11.4. The molecule has 1 N–H and O–H groups in total. The topological polar surface area (TPSA) is 104 Å². The van der Waals surface area contributed by atoms with Gasteiger partial charge in [-0.1, -0.05) is 32.0 Å². The number of carbonyl (C=O) groups excluding carboxylic acids is 2. The van der Waals surface area contributed by atoms with Crippen molar-refractivity contribution in [3.8, 4) is 17.2 Å². The van der Waals surface area contributed by atoms with E-state index in [1.807, 2.05) is 19.9 Å². The van der Waals surface area contributed by atoms with Crippen LogP contribution in [0.1, 0.15) is 46.8 Å². The smallest absolute Gasteiger partial charge is 0.408 e. The number of para-hydroxylation sites is 1. The Morgan fingerprint density at radius 1 is 1.03 bits per heavy atom. The molecule has 0 saturated heterocycles. The van der Waals surface area contributed by atoms with E-state index in [4.69, 9.17) is 18.6 Å². The van der Waals surface area contributed by atoms with Crippen LogP contribution in [0.2, 0.25) is 0 Å². The highest BCUT2D eigenvalue weighted by Gasteiger charge is 2.27. The van der Waals surface area contributed by atoms with Crippen LogP contribution in [0.25, 0.3) is 11.0 Å². The molecular weight excluding hydrogens is 450 g/mol. The van der Waals surface area contributed by atoms with Gasteiger partial charge in [-0.3, -0.25) is 4.79 Å². The SMILES string of the molecule is Cc1oc2cc(OC(=O)C(CC(C)C)NC(=O)OC(C)(C)C)ccc2c(=O)c1Oc1ccccc1. The molecule has 0 fully saturated rings. The summed E-state index contributed by atoms with van der Waals surface area (Å²) in [5, 5.41) is 2.87. The maximum atomic E-state index is 13.0. The Kier molecular flexibility index (Phi) is 7.84. The van der Waals surface area contributed by atoms with Gasteiger partial charge in [-0.2, -0.15) is 0 Å². The van der Waals surface area contributed by atoms with E-state index in [0.717, 1.165) is 0 Å². The van der Waals surface area contributed by atoms with Crippen LogP contribution >= 0.6 is 0 Å². The summed E-state index contributed by atoms with van der Waals surface area (Å²) in [4.78, 5) is 38.1. The molecule has 0 aliphatic rings. The number of fused-ring (bicyclic) bond motifs is 1. The first-order chi connectivity index (χ1) is 16.4. The minimum absolute atomic E-state index is 0.0898. The fourth-order valence-corrected chi connectivity index (χ4v) is 3.38. The molecule has 0 saturated carbocycles. The predicted molar refractivity (Wildman–Crippen MR) is 132 cm³/mol. The monoisotopic (exact) mass is 481 g/mol. The maximum absolute atomic E-state index is 13.0. The molecule has 8 nitrogen and oxygen atoms in total. The maximum Gasteiger partial charge on any atom is 0.408 e. The first-order valence-corrected chi connectivity index (χ1v) is 11.4. The van der Waals surface area contributed by atoms with Crippen molar-refractivity contribution in [2.75, 3.05) is 0 Å². The van der Waals surface area contributed by atoms with Crippen molar-refractivity contribution in [1.29, 1.82) is 0 Å². The van der Waals surface area contributed by atoms with Crippen molar-refractivity contribution in [2.24, 2.45) is 5.92 Å². The highest BCUT2D eigenvalue weighted by Crippen LogP contribution is 2.27. The number of nitrogens with one attached hydrogen (secondary N) is 1. The summed E-state index contributed by atoms with van der Waals surface area (Å²) in [6.07, 6.45) is -0.341. The quantitative estimate of drug-likeness (QED) is 0.339. The summed E-state index contributed by atoms with van der Waals surface area (Å²) < 4.78 is 22.3. The van der Waals surface area contributed by atoms with Gasteiger partial charge in [0.1, 0.15) is 34.5 Å². The van der Waals surface area contributed by atoms with Gasteiger partial charge in [0.05, 0.1) is 5.39 Å². The van der Waals surface area contributed by atoms with Gasteiger partial charge in [-0.15, -0.1) is 0 Å². The van der Waals surface area contributed by atoms with Crippen molar-refractivity contribution < 1.29 is 28.2 Å². The molecular formula is C27H31NO7. The van der Waals surface area contributed by atoms with Crippen LogP contribution in [0.15, 0.2) is 57.7 Å². The van der Waals surface area contributed by atoms with Crippen molar-refractivity contribution in [2.45, 2.75) is 59.6 Å². The predicted octanol–water partition coefficient (Wildman–Crippen LogP) is 5.74. The lowest BCUT2D eigenvalue weighted by atomic mass is 10.0. The number of aryl methyl sites for hydroxylation is 1. The third-order valence-corrected chi connectivity index (χ3v) is 4.85. The molecule has 2 aromatic carbocycles. The second-order valence-electron chi connectivity index (χ2n) is 9.64. The van der Waals surface area contributed by atoms with E-state index in [-0.39, 0.29) is 33.8 Å². The Morgan fingerprint density at radius 2 is 1.71 bits per heavy atom. The highest BCUT2D eigenvalue weighted by molar-refractivity contribution is 5.85. The Hall–Kier alpha value is -3.81. The van der Waals surface area contributed by atoms with Crippen molar-refractivity contribution in [3.05, 3.63) is 64.5 Å². The summed E-state index contributed by atoms with van der Waals surface area (Å²) in [7, 11) is 0. The van der Waals surface area contributed by atoms with Gasteiger partial charge in [-0.05, 0) is 64.3 Å². The van der Waals surface area contributed by atoms with E-state index < -0.39 is 23.7 Å². The Labute approximate surface area is 204 Å². The molecule has 1 unspecified atom stereocenters. The van der Waals surface area contributed by atoms with Gasteiger partial charge < -0.3 is 23.9 Å². The van der Waals surface area contributed by atoms with Gasteiger partial charge in [-0.25, -0.2) is 9.59 Å². The van der Waals surface area contributed by atoms with Crippen LogP contribution in [-0.4, -0.2) is 23.7 Å². The number of amides is 1. The minimum Gasteiger partial charge on any atom is -0.457 e. The minimum atomic E-state index is -0.907. The first kappa shape index (κ1) is 25.8. The normalized spacial score (nSPS) is 12.3. The van der Waals surface area contributed by atoms with Gasteiger partial charge in [0, 0.05) is 6.07 Å². The average molecular weight is 482 g/mol. The van der Waals surface area contributed by atoms with E-state index in [1.165, 1.54) is 18.2 Å². The number of rotatable bonds is 7. The van der Waals surface area contributed by atoms with Crippen LogP contribution in [-0.2, 0) is 9.53 Å². The van der Waals surface area contributed by atoms with Crippen LogP contribution in [0, 0.1) is 12.8 Å². The van der Waals surface area contributed by atoms with E-state index in [2.05, 4.69) is 5.32 Å². The third kappa shape index (κ3) is 7.09. The second-order valence-corrected chi connectivity index (χ2v) is 9.64. The summed E-state index contributed by atoms with van der Waals surface area (Å²) >= 11 is 0. The lowest BCUT2D eigenvalue weighted by Gasteiger charge is -2.23. The fourth-order valence-electron chi connectivity index (χ4n) is 3.38. The molecule has 0 aliphatic carbocycles. The summed E-state index contributed by atoms with van der Waals surface area (Å²) in [5.74, 6) is 0.545. The Bertz CT molecular complexity index is 1260. The number of alkyl carbamates (subject to hydrolysis) is 1. The molecule has 1 heterocycles. The molecule has 1 amide bonds. The second kappa shape index (κ2) is 10.6. The molecule has 1 aromatic heterocycles. The van der Waals surface area contributed by atoms with E-state index in [9.17, 15) is 14.4 Å². The molecule has 35 heavy (non-hydrogen) atoms. The highest BCUT2D eigenvalue weighted by atomic mass is 16.6. The molecule has 1 atom stereocenters. The average Bonchev–Trinajstić information content (AvgIpc) is 2.75. The molecule has 8 heteroatoms. The van der Waals surface area contributed by atoms with Crippen molar-refractivity contribution in [1.82, 2.24) is 5.32 Å². The van der Waals surface area contributed by atoms with E-state index in [1.54, 1.807) is 52.0 Å². The number of ether oxygens (including phenoxy) is 3. The zero-order valence-electron chi connectivity index (χ0n) is 20.8. The fraction of sp³-hybridized carbons (Fsp3) is 0.370. The molecule has 3 rings (SSSR count). The van der Waals surface area contributed by atoms with Crippen LogP contribution in [0.4, 0.5) is 4.79 Å². The van der Waals surface area contributed by atoms with Gasteiger partial charge >= 0.3 is 12.1 Å². The molecule has 0 spiro atoms. The number of esters is 1. The zero-order valence-corrected chi connectivity index (χ0v) is 20.8.